The molecule has 2 saturated heterocycles. The lowest BCUT2D eigenvalue weighted by Crippen LogP contribution is -2.45. The first-order valence-corrected chi connectivity index (χ1v) is 10.9. The molecule has 25 heavy (non-hydrogen) atoms. The number of nitrogens with one attached hydrogen (secondary N) is 1. The maximum atomic E-state index is 11.6. The Labute approximate surface area is 169 Å². The van der Waals surface area contributed by atoms with E-state index in [0.29, 0.717) is 30.1 Å². The number of hydrogen-bond acceptors (Lipinski definition) is 4. The van der Waals surface area contributed by atoms with Crippen LogP contribution in [0.15, 0.2) is 17.1 Å². The largest absolute Gasteiger partial charge is 0.354 e. The highest BCUT2D eigenvalue weighted by atomic mass is 127. The summed E-state index contributed by atoms with van der Waals surface area (Å²) in [7, 11) is -2.82. The molecule has 0 aromatic rings. The zero-order chi connectivity index (χ0) is 17.2. The first-order chi connectivity index (χ1) is 11.4. The fourth-order valence-electron chi connectivity index (χ4n) is 3.75. The Morgan fingerprint density at radius 3 is 2.60 bits per heavy atom. The molecule has 0 aromatic heterocycles. The molecule has 0 aliphatic carbocycles. The number of rotatable bonds is 4. The Bertz CT molecular complexity index is 598. The Hall–Kier alpha value is -0.350. The Kier molecular flexibility index (Phi) is 7.57. The lowest BCUT2D eigenvalue weighted by atomic mass is 10.1. The number of likely N-dealkylation sites (tertiary alicyclic amines) is 1. The molecule has 3 heterocycles. The van der Waals surface area contributed by atoms with Gasteiger partial charge >= 0.3 is 0 Å². The molecule has 1 N–H and O–H groups in total. The van der Waals surface area contributed by atoms with E-state index in [4.69, 9.17) is 4.99 Å². The minimum Gasteiger partial charge on any atom is -0.354 e. The smallest absolute Gasteiger partial charge is 0.194 e. The van der Waals surface area contributed by atoms with Crippen LogP contribution in [-0.4, -0.2) is 80.5 Å². The molecule has 3 rings (SSSR count). The average Bonchev–Trinajstić information content (AvgIpc) is 3.23. The fraction of sp³-hybridized carbons (Fsp3) is 0.824. The molecule has 2 atom stereocenters. The second-order valence-corrected chi connectivity index (χ2v) is 9.77. The van der Waals surface area contributed by atoms with Crippen molar-refractivity contribution >= 4 is 39.8 Å². The summed E-state index contributed by atoms with van der Waals surface area (Å²) in [5.74, 6) is 1.76. The molecule has 0 aromatic carbocycles. The van der Waals surface area contributed by atoms with Gasteiger partial charge in [-0.15, -0.1) is 24.0 Å². The van der Waals surface area contributed by atoms with Gasteiger partial charge in [0, 0.05) is 44.8 Å². The van der Waals surface area contributed by atoms with Gasteiger partial charge in [0.15, 0.2) is 15.8 Å². The van der Waals surface area contributed by atoms with E-state index in [1.165, 1.54) is 0 Å². The molecule has 0 radical (unpaired) electrons. The van der Waals surface area contributed by atoms with Crippen molar-refractivity contribution in [2.24, 2.45) is 10.9 Å². The minimum atomic E-state index is -2.82. The zero-order valence-electron chi connectivity index (χ0n) is 15.2. The second kappa shape index (κ2) is 9.03. The van der Waals surface area contributed by atoms with Gasteiger partial charge < -0.3 is 10.2 Å². The van der Waals surface area contributed by atoms with Gasteiger partial charge in [0.2, 0.25) is 0 Å². The van der Waals surface area contributed by atoms with E-state index < -0.39 is 9.84 Å². The average molecular weight is 482 g/mol. The molecule has 3 aliphatic rings. The quantitative estimate of drug-likeness (QED) is 0.284. The summed E-state index contributed by atoms with van der Waals surface area (Å²) in [6.45, 7) is 8.98. The van der Waals surface area contributed by atoms with E-state index in [0.717, 1.165) is 45.0 Å². The van der Waals surface area contributed by atoms with Crippen molar-refractivity contribution in [2.75, 3.05) is 44.2 Å². The maximum absolute atomic E-state index is 11.6. The van der Waals surface area contributed by atoms with Crippen molar-refractivity contribution in [3.63, 3.8) is 0 Å². The third-order valence-corrected chi connectivity index (χ3v) is 6.91. The van der Waals surface area contributed by atoms with E-state index in [2.05, 4.69) is 41.1 Å². The van der Waals surface area contributed by atoms with Crippen LogP contribution in [0.1, 0.15) is 26.7 Å². The Morgan fingerprint density at radius 2 is 2.00 bits per heavy atom. The van der Waals surface area contributed by atoms with Crippen molar-refractivity contribution in [2.45, 2.75) is 38.8 Å². The molecule has 2 fully saturated rings. The summed E-state index contributed by atoms with van der Waals surface area (Å²) in [5, 5.41) is 3.47. The molecule has 0 bridgehead atoms. The van der Waals surface area contributed by atoms with Crippen molar-refractivity contribution in [1.82, 2.24) is 15.1 Å². The van der Waals surface area contributed by atoms with Crippen LogP contribution in [0, 0.1) is 5.92 Å². The standard InChI is InChI=1S/C17H30N4O2S.HI/c1-14(2)19-17(18-11-15-6-10-24(22,23)13-15)21-9-5-16(12-21)20-7-3-4-8-20;/h3-4,14-16H,5-13H2,1-2H3,(H,18,19);1H. The molecular formula is C17H31IN4O2S. The lowest BCUT2D eigenvalue weighted by Gasteiger charge is -2.27. The van der Waals surface area contributed by atoms with Crippen LogP contribution < -0.4 is 5.32 Å². The molecule has 3 aliphatic heterocycles. The minimum absolute atomic E-state index is 0. The van der Waals surface area contributed by atoms with Gasteiger partial charge in [-0.05, 0) is 32.6 Å². The highest BCUT2D eigenvalue weighted by molar-refractivity contribution is 14.0. The number of hydrogen-bond donors (Lipinski definition) is 1. The van der Waals surface area contributed by atoms with Gasteiger partial charge in [0.1, 0.15) is 0 Å². The molecular weight excluding hydrogens is 451 g/mol. The van der Waals surface area contributed by atoms with Gasteiger partial charge in [-0.2, -0.15) is 0 Å². The van der Waals surface area contributed by atoms with Gasteiger partial charge in [-0.25, -0.2) is 8.42 Å². The van der Waals surface area contributed by atoms with Crippen LogP contribution in [0.3, 0.4) is 0 Å². The summed E-state index contributed by atoms with van der Waals surface area (Å²) >= 11 is 0. The molecule has 144 valence electrons. The number of guanidine groups is 1. The highest BCUT2D eigenvalue weighted by Crippen LogP contribution is 2.20. The SMILES string of the molecule is CC(C)NC(=NCC1CCS(=O)(=O)C1)N1CCC(N2CC=CC2)C1.I. The first kappa shape index (κ1) is 21.0. The maximum Gasteiger partial charge on any atom is 0.194 e. The van der Waals surface area contributed by atoms with Crippen molar-refractivity contribution < 1.29 is 8.42 Å². The van der Waals surface area contributed by atoms with Crippen molar-refractivity contribution in [1.29, 1.82) is 0 Å². The van der Waals surface area contributed by atoms with E-state index in [1.807, 2.05) is 0 Å². The summed E-state index contributed by atoms with van der Waals surface area (Å²) in [6, 6.07) is 0.912. The molecule has 2 unspecified atom stereocenters. The number of halogens is 1. The molecule has 0 saturated carbocycles. The van der Waals surface area contributed by atoms with Crippen LogP contribution in [0.4, 0.5) is 0 Å². The number of nitrogens with zero attached hydrogens (tertiary/aromatic N) is 3. The third kappa shape index (κ3) is 5.82. The van der Waals surface area contributed by atoms with E-state index in [1.54, 1.807) is 0 Å². The van der Waals surface area contributed by atoms with Gasteiger partial charge in [-0.1, -0.05) is 12.2 Å². The Balaban J connectivity index is 0.00000225. The second-order valence-electron chi connectivity index (χ2n) is 7.55. The lowest BCUT2D eigenvalue weighted by molar-refractivity contribution is 0.259. The third-order valence-electron chi connectivity index (χ3n) is 5.07. The fourth-order valence-corrected chi connectivity index (χ4v) is 5.60. The van der Waals surface area contributed by atoms with E-state index in [-0.39, 0.29) is 29.9 Å². The zero-order valence-corrected chi connectivity index (χ0v) is 18.4. The summed E-state index contributed by atoms with van der Waals surface area (Å²) in [6.07, 6.45) is 6.40. The van der Waals surface area contributed by atoms with Crippen molar-refractivity contribution in [3.8, 4) is 0 Å². The Morgan fingerprint density at radius 1 is 1.28 bits per heavy atom. The van der Waals surface area contributed by atoms with Crippen LogP contribution in [0.5, 0.6) is 0 Å². The van der Waals surface area contributed by atoms with Gasteiger partial charge in [0.05, 0.1) is 11.5 Å². The first-order valence-electron chi connectivity index (χ1n) is 9.08. The van der Waals surface area contributed by atoms with E-state index in [9.17, 15) is 8.42 Å². The predicted octanol–water partition coefficient (Wildman–Crippen LogP) is 1.34. The van der Waals surface area contributed by atoms with Gasteiger partial charge in [-0.3, -0.25) is 9.89 Å². The molecule has 0 amide bonds. The van der Waals surface area contributed by atoms with Crippen LogP contribution in [0.2, 0.25) is 0 Å². The van der Waals surface area contributed by atoms with Crippen LogP contribution in [0.25, 0.3) is 0 Å². The molecule has 8 heteroatoms. The predicted molar refractivity (Wildman–Crippen MR) is 113 cm³/mol. The topological polar surface area (TPSA) is 65.0 Å². The monoisotopic (exact) mass is 482 g/mol. The van der Waals surface area contributed by atoms with Crippen LogP contribution in [-0.2, 0) is 9.84 Å². The summed E-state index contributed by atoms with van der Waals surface area (Å²) < 4.78 is 23.2. The number of sulfone groups is 1. The van der Waals surface area contributed by atoms with Crippen molar-refractivity contribution in [3.05, 3.63) is 12.2 Å². The van der Waals surface area contributed by atoms with Gasteiger partial charge in [0.25, 0.3) is 0 Å². The number of aliphatic imine (C=N–C) groups is 1. The van der Waals surface area contributed by atoms with Crippen LogP contribution >= 0.6 is 24.0 Å². The summed E-state index contributed by atoms with van der Waals surface area (Å²) in [5.41, 5.74) is 0. The molecule has 6 nitrogen and oxygen atoms in total. The summed E-state index contributed by atoms with van der Waals surface area (Å²) in [4.78, 5) is 9.64. The highest BCUT2D eigenvalue weighted by Gasteiger charge is 2.31. The van der Waals surface area contributed by atoms with E-state index >= 15 is 0 Å². The normalized spacial score (nSPS) is 29.4. The molecule has 0 spiro atoms.